The molecule has 0 aliphatic rings. The van der Waals surface area contributed by atoms with Crippen LogP contribution in [0.3, 0.4) is 0 Å². The Hall–Kier alpha value is -0.440. The van der Waals surface area contributed by atoms with Gasteiger partial charge in [-0.1, -0.05) is 57.9 Å². The molecule has 0 spiro atoms. The standard InChI is InChI=1S/C13H18P2/c1-4-10-15(11-5-2)14-13-8-6-12(3)7-9-13/h4-9,14H,1-2,10-11H2,3H3. The highest BCUT2D eigenvalue weighted by Crippen LogP contribution is 2.54. The van der Waals surface area contributed by atoms with Crippen LogP contribution >= 0.6 is 15.9 Å². The molecule has 0 aliphatic heterocycles. The van der Waals surface area contributed by atoms with Gasteiger partial charge in [-0.2, -0.15) is 0 Å². The second-order valence-electron chi connectivity index (χ2n) is 3.46. The third kappa shape index (κ3) is 4.74. The third-order valence-corrected chi connectivity index (χ3v) is 7.16. The maximum Gasteiger partial charge on any atom is -0.0105 e. The molecular weight excluding hydrogens is 218 g/mol. The van der Waals surface area contributed by atoms with Crippen molar-refractivity contribution in [3.8, 4) is 0 Å². The van der Waals surface area contributed by atoms with Crippen molar-refractivity contribution in [2.45, 2.75) is 6.92 Å². The van der Waals surface area contributed by atoms with E-state index in [2.05, 4.69) is 44.3 Å². The predicted octanol–water partition coefficient (Wildman–Crippen LogP) is 4.07. The molecule has 0 bridgehead atoms. The van der Waals surface area contributed by atoms with Crippen molar-refractivity contribution in [1.82, 2.24) is 0 Å². The Morgan fingerprint density at radius 2 is 1.67 bits per heavy atom. The summed E-state index contributed by atoms with van der Waals surface area (Å²) in [5, 5.41) is 1.47. The van der Waals surface area contributed by atoms with Crippen LogP contribution in [0, 0.1) is 6.92 Å². The molecule has 1 unspecified atom stereocenters. The quantitative estimate of drug-likeness (QED) is 0.516. The van der Waals surface area contributed by atoms with Crippen molar-refractivity contribution >= 4 is 21.2 Å². The highest BCUT2D eigenvalue weighted by atomic mass is 32.0. The summed E-state index contributed by atoms with van der Waals surface area (Å²) in [5.41, 5.74) is 1.33. The summed E-state index contributed by atoms with van der Waals surface area (Å²) in [6, 6.07) is 8.87. The average molecular weight is 236 g/mol. The van der Waals surface area contributed by atoms with Crippen molar-refractivity contribution in [2.75, 3.05) is 12.3 Å². The third-order valence-electron chi connectivity index (χ3n) is 2.04. The van der Waals surface area contributed by atoms with Crippen molar-refractivity contribution in [1.29, 1.82) is 0 Å². The van der Waals surface area contributed by atoms with E-state index in [4.69, 9.17) is 0 Å². The SMILES string of the molecule is C=CCP(CC=C)Pc1ccc(C)cc1. The summed E-state index contributed by atoms with van der Waals surface area (Å²) in [6.45, 7) is 9.78. The monoisotopic (exact) mass is 236 g/mol. The lowest BCUT2D eigenvalue weighted by atomic mass is 10.2. The normalized spacial score (nSPS) is 11.1. The van der Waals surface area contributed by atoms with E-state index in [0.717, 1.165) is 20.6 Å². The Balaban J connectivity index is 2.60. The Labute approximate surface area is 95.9 Å². The number of rotatable bonds is 6. The first-order valence-corrected chi connectivity index (χ1v) is 8.61. The smallest absolute Gasteiger partial charge is 0.0105 e. The van der Waals surface area contributed by atoms with E-state index in [9.17, 15) is 0 Å². The van der Waals surface area contributed by atoms with Gasteiger partial charge in [0.1, 0.15) is 0 Å². The molecule has 0 aromatic heterocycles. The van der Waals surface area contributed by atoms with Gasteiger partial charge in [0.25, 0.3) is 0 Å². The largest absolute Gasteiger partial charge is 0.103 e. The number of allylic oxidation sites excluding steroid dienone is 2. The molecule has 0 saturated heterocycles. The van der Waals surface area contributed by atoms with Crippen molar-refractivity contribution in [3.05, 3.63) is 55.1 Å². The number of aryl methyl sites for hydroxylation is 1. The molecule has 0 heterocycles. The summed E-state index contributed by atoms with van der Waals surface area (Å²) in [5.74, 6) is 0. The van der Waals surface area contributed by atoms with E-state index in [-0.39, 0.29) is 7.61 Å². The molecule has 0 N–H and O–H groups in total. The van der Waals surface area contributed by atoms with Crippen molar-refractivity contribution in [3.63, 3.8) is 0 Å². The molecule has 0 saturated carbocycles. The molecule has 1 rings (SSSR count). The van der Waals surface area contributed by atoms with Gasteiger partial charge in [-0.25, -0.2) is 0 Å². The Bertz CT molecular complexity index is 304. The first kappa shape index (κ1) is 12.6. The molecule has 0 radical (unpaired) electrons. The summed E-state index contributed by atoms with van der Waals surface area (Å²) in [6.07, 6.45) is 6.37. The lowest BCUT2D eigenvalue weighted by Crippen LogP contribution is -1.93. The van der Waals surface area contributed by atoms with Gasteiger partial charge in [0.15, 0.2) is 0 Å². The van der Waals surface area contributed by atoms with Crippen LogP contribution in [0.4, 0.5) is 0 Å². The van der Waals surface area contributed by atoms with Gasteiger partial charge >= 0.3 is 0 Å². The van der Waals surface area contributed by atoms with Gasteiger partial charge in [-0.3, -0.25) is 0 Å². The van der Waals surface area contributed by atoms with E-state index in [0.29, 0.717) is 0 Å². The van der Waals surface area contributed by atoms with E-state index in [1.165, 1.54) is 10.9 Å². The van der Waals surface area contributed by atoms with Crippen LogP contribution in [0.1, 0.15) is 5.56 Å². The van der Waals surface area contributed by atoms with Crippen molar-refractivity contribution in [2.24, 2.45) is 0 Å². The zero-order chi connectivity index (χ0) is 11.1. The first-order valence-electron chi connectivity index (χ1n) is 5.06. The molecule has 0 nitrogen and oxygen atoms in total. The maximum absolute atomic E-state index is 3.82. The fourth-order valence-corrected chi connectivity index (χ4v) is 5.79. The maximum atomic E-state index is 3.82. The van der Waals surface area contributed by atoms with Gasteiger partial charge in [0, 0.05) is 0 Å². The van der Waals surface area contributed by atoms with Crippen LogP contribution in [-0.4, -0.2) is 12.3 Å². The molecular formula is C13H18P2. The summed E-state index contributed by atoms with van der Waals surface area (Å²) < 4.78 is 0. The molecule has 0 amide bonds. The van der Waals surface area contributed by atoms with Gasteiger partial charge < -0.3 is 0 Å². The topological polar surface area (TPSA) is 0 Å². The Morgan fingerprint density at radius 3 is 2.13 bits per heavy atom. The van der Waals surface area contributed by atoms with Crippen LogP contribution in [0.2, 0.25) is 0 Å². The fourth-order valence-electron chi connectivity index (χ4n) is 1.29. The first-order chi connectivity index (χ1) is 7.26. The van der Waals surface area contributed by atoms with Crippen LogP contribution < -0.4 is 5.30 Å². The number of hydrogen-bond donors (Lipinski definition) is 0. The van der Waals surface area contributed by atoms with Gasteiger partial charge in [0.05, 0.1) is 0 Å². The summed E-state index contributed by atoms with van der Waals surface area (Å²) in [4.78, 5) is 0. The molecule has 1 atom stereocenters. The number of benzene rings is 1. The highest BCUT2D eigenvalue weighted by molar-refractivity contribution is 8.24. The summed E-state index contributed by atoms with van der Waals surface area (Å²) >= 11 is 0. The predicted molar refractivity (Wildman–Crippen MR) is 76.2 cm³/mol. The molecule has 1 aromatic carbocycles. The van der Waals surface area contributed by atoms with Crippen LogP contribution in [0.25, 0.3) is 0 Å². The molecule has 80 valence electrons. The van der Waals surface area contributed by atoms with Crippen LogP contribution in [-0.2, 0) is 0 Å². The highest BCUT2D eigenvalue weighted by Gasteiger charge is 2.04. The van der Waals surface area contributed by atoms with Crippen molar-refractivity contribution < 1.29 is 0 Å². The van der Waals surface area contributed by atoms with E-state index in [1.807, 2.05) is 12.2 Å². The van der Waals surface area contributed by atoms with E-state index < -0.39 is 0 Å². The average Bonchev–Trinajstić information content (AvgIpc) is 2.22. The molecule has 15 heavy (non-hydrogen) atoms. The minimum Gasteiger partial charge on any atom is -0.103 e. The molecule has 1 aromatic rings. The lowest BCUT2D eigenvalue weighted by molar-refractivity contribution is 1.49. The Morgan fingerprint density at radius 1 is 1.13 bits per heavy atom. The van der Waals surface area contributed by atoms with Gasteiger partial charge in [0.2, 0.25) is 0 Å². The fraction of sp³-hybridized carbons (Fsp3) is 0.231. The number of hydrogen-bond acceptors (Lipinski definition) is 0. The molecule has 0 fully saturated rings. The lowest BCUT2D eigenvalue weighted by Gasteiger charge is -2.13. The van der Waals surface area contributed by atoms with Gasteiger partial charge in [-0.15, -0.1) is 13.2 Å². The summed E-state index contributed by atoms with van der Waals surface area (Å²) in [7, 11) is 0.973. The van der Waals surface area contributed by atoms with E-state index in [1.54, 1.807) is 0 Å². The zero-order valence-electron chi connectivity index (χ0n) is 9.24. The van der Waals surface area contributed by atoms with Gasteiger partial charge in [-0.05, 0) is 24.6 Å². The minimum atomic E-state index is 0.0449. The van der Waals surface area contributed by atoms with Crippen LogP contribution in [0.5, 0.6) is 0 Å². The minimum absolute atomic E-state index is 0.0449. The molecule has 2 heteroatoms. The Kier molecular flexibility index (Phi) is 5.84. The van der Waals surface area contributed by atoms with E-state index >= 15 is 0 Å². The second-order valence-corrected chi connectivity index (χ2v) is 8.64. The zero-order valence-corrected chi connectivity index (χ0v) is 11.1. The van der Waals surface area contributed by atoms with Crippen LogP contribution in [0.15, 0.2) is 49.6 Å². The second kappa shape index (κ2) is 6.94. The molecule has 0 aliphatic carbocycles.